The molecular formula is C16H15BrFNO6S. The number of ether oxygens (including phenoxy) is 2. The van der Waals surface area contributed by atoms with Gasteiger partial charge in [0.25, 0.3) is 10.0 Å². The molecule has 0 saturated heterocycles. The van der Waals surface area contributed by atoms with Crippen LogP contribution in [0.3, 0.4) is 0 Å². The molecule has 0 aliphatic heterocycles. The molecule has 7 nitrogen and oxygen atoms in total. The van der Waals surface area contributed by atoms with Gasteiger partial charge in [0.1, 0.15) is 10.7 Å². The van der Waals surface area contributed by atoms with Gasteiger partial charge in [0.15, 0.2) is 11.5 Å². The minimum absolute atomic E-state index is 0.132. The van der Waals surface area contributed by atoms with E-state index in [1.54, 1.807) is 0 Å². The van der Waals surface area contributed by atoms with E-state index in [4.69, 9.17) is 9.47 Å². The zero-order chi connectivity index (χ0) is 19.6. The number of aromatic carboxylic acids is 1. The van der Waals surface area contributed by atoms with Crippen LogP contribution in [0.2, 0.25) is 0 Å². The second-order valence-electron chi connectivity index (χ2n) is 5.16. The van der Waals surface area contributed by atoms with E-state index in [0.717, 1.165) is 6.07 Å². The molecule has 2 aromatic rings. The minimum Gasteiger partial charge on any atom is -0.493 e. The van der Waals surface area contributed by atoms with E-state index < -0.39 is 33.1 Å². The number of rotatable bonds is 6. The van der Waals surface area contributed by atoms with Gasteiger partial charge in [-0.25, -0.2) is 17.6 Å². The normalized spacial score (nSPS) is 11.1. The summed E-state index contributed by atoms with van der Waals surface area (Å²) in [7, 11) is -1.61. The molecule has 0 atom stereocenters. The Balaban J connectivity index is 2.62. The van der Waals surface area contributed by atoms with E-state index in [1.165, 1.54) is 39.3 Å². The maximum absolute atomic E-state index is 14.2. The number of benzene rings is 2. The van der Waals surface area contributed by atoms with E-state index in [0.29, 0.717) is 0 Å². The van der Waals surface area contributed by atoms with Crippen molar-refractivity contribution >= 4 is 37.6 Å². The lowest BCUT2D eigenvalue weighted by atomic mass is 10.1. The average Bonchev–Trinajstić information content (AvgIpc) is 2.57. The Morgan fingerprint density at radius 2 is 1.77 bits per heavy atom. The highest BCUT2D eigenvalue weighted by Crippen LogP contribution is 2.37. The van der Waals surface area contributed by atoms with Crippen LogP contribution in [0, 0.1) is 12.7 Å². The number of carbonyl (C=O) groups is 1. The number of halogens is 2. The van der Waals surface area contributed by atoms with Crippen molar-refractivity contribution in [1.29, 1.82) is 0 Å². The van der Waals surface area contributed by atoms with Crippen LogP contribution in [-0.4, -0.2) is 33.7 Å². The molecule has 0 aromatic heterocycles. The van der Waals surface area contributed by atoms with Crippen LogP contribution in [-0.2, 0) is 10.0 Å². The fourth-order valence-electron chi connectivity index (χ4n) is 2.29. The Hall–Kier alpha value is -2.33. The highest BCUT2D eigenvalue weighted by Gasteiger charge is 2.26. The lowest BCUT2D eigenvalue weighted by Gasteiger charge is -2.16. The van der Waals surface area contributed by atoms with Gasteiger partial charge in [-0.3, -0.25) is 4.72 Å². The summed E-state index contributed by atoms with van der Waals surface area (Å²) >= 11 is 3.12. The molecule has 2 aromatic carbocycles. The van der Waals surface area contributed by atoms with Crippen LogP contribution in [0.25, 0.3) is 0 Å². The largest absolute Gasteiger partial charge is 0.493 e. The van der Waals surface area contributed by atoms with Gasteiger partial charge in [0.05, 0.1) is 25.5 Å². The zero-order valence-corrected chi connectivity index (χ0v) is 16.4. The number of methoxy groups -OCH3 is 2. The molecule has 140 valence electrons. The Kier molecular flexibility index (Phi) is 5.77. The first-order chi connectivity index (χ1) is 12.1. The van der Waals surface area contributed by atoms with Gasteiger partial charge in [-0.2, -0.15) is 0 Å². The fraction of sp³-hybridized carbons (Fsp3) is 0.188. The molecule has 2 N–H and O–H groups in total. The molecule has 0 amide bonds. The number of anilines is 1. The lowest BCUT2D eigenvalue weighted by molar-refractivity contribution is 0.0697. The summed E-state index contributed by atoms with van der Waals surface area (Å²) in [4.78, 5) is 11.1. The first-order valence-electron chi connectivity index (χ1n) is 7.09. The summed E-state index contributed by atoms with van der Waals surface area (Å²) < 4.78 is 51.9. The lowest BCUT2D eigenvalue weighted by Crippen LogP contribution is -2.18. The van der Waals surface area contributed by atoms with Gasteiger partial charge in [0.2, 0.25) is 0 Å². The standard InChI is InChI=1S/C16H15BrFNO6S/c1-8-4-5-10(18)15(14(8)16(20)21)19-26(22,23)13-7-12(25-3)11(24-2)6-9(13)17/h4-7,19H,1-3H3,(H,20,21). The molecule has 0 aliphatic carbocycles. The quantitative estimate of drug-likeness (QED) is 0.703. The SMILES string of the molecule is COc1cc(Br)c(S(=O)(=O)Nc2c(F)ccc(C)c2C(=O)O)cc1OC. The average molecular weight is 448 g/mol. The van der Waals surface area contributed by atoms with E-state index in [-0.39, 0.29) is 26.4 Å². The summed E-state index contributed by atoms with van der Waals surface area (Å²) in [6, 6.07) is 4.80. The predicted octanol–water partition coefficient (Wildman–Crippen LogP) is 3.41. The molecule has 0 bridgehead atoms. The Morgan fingerprint density at radius 3 is 2.31 bits per heavy atom. The highest BCUT2D eigenvalue weighted by molar-refractivity contribution is 9.10. The number of hydrogen-bond donors (Lipinski definition) is 2. The molecule has 0 fully saturated rings. The summed E-state index contributed by atoms with van der Waals surface area (Å²) in [5.74, 6) is -2.04. The first-order valence-corrected chi connectivity index (χ1v) is 9.36. The van der Waals surface area contributed by atoms with Crippen LogP contribution in [0.5, 0.6) is 11.5 Å². The van der Waals surface area contributed by atoms with Crippen molar-refractivity contribution in [3.8, 4) is 11.5 Å². The van der Waals surface area contributed by atoms with Crippen molar-refractivity contribution in [2.75, 3.05) is 18.9 Å². The zero-order valence-electron chi connectivity index (χ0n) is 14.0. The molecule has 26 heavy (non-hydrogen) atoms. The Morgan fingerprint density at radius 1 is 1.19 bits per heavy atom. The Labute approximate surface area is 157 Å². The molecular weight excluding hydrogens is 433 g/mol. The van der Waals surface area contributed by atoms with Gasteiger partial charge in [-0.1, -0.05) is 6.07 Å². The summed E-state index contributed by atoms with van der Waals surface area (Å²) in [6.45, 7) is 1.44. The van der Waals surface area contributed by atoms with Crippen LogP contribution >= 0.6 is 15.9 Å². The van der Waals surface area contributed by atoms with Crippen molar-refractivity contribution in [1.82, 2.24) is 0 Å². The van der Waals surface area contributed by atoms with Gasteiger partial charge in [0, 0.05) is 10.5 Å². The number of nitrogens with one attached hydrogen (secondary N) is 1. The Bertz CT molecular complexity index is 977. The summed E-state index contributed by atoms with van der Waals surface area (Å²) in [5, 5.41) is 9.30. The topological polar surface area (TPSA) is 102 Å². The van der Waals surface area contributed by atoms with E-state index >= 15 is 0 Å². The smallest absolute Gasteiger partial charge is 0.338 e. The minimum atomic E-state index is -4.33. The molecule has 0 saturated carbocycles. The molecule has 2 rings (SSSR count). The number of aryl methyl sites for hydroxylation is 1. The van der Waals surface area contributed by atoms with E-state index in [1.807, 2.05) is 4.72 Å². The number of carboxylic acid groups (broad SMARTS) is 1. The van der Waals surface area contributed by atoms with Crippen LogP contribution in [0.15, 0.2) is 33.6 Å². The van der Waals surface area contributed by atoms with Crippen LogP contribution in [0.1, 0.15) is 15.9 Å². The summed E-state index contributed by atoms with van der Waals surface area (Å²) in [5.41, 5.74) is -0.896. The van der Waals surface area contributed by atoms with Gasteiger partial charge < -0.3 is 14.6 Å². The third kappa shape index (κ3) is 3.75. The number of carboxylic acids is 1. The van der Waals surface area contributed by atoms with Crippen molar-refractivity contribution < 1.29 is 32.2 Å². The maximum Gasteiger partial charge on any atom is 0.338 e. The third-order valence-corrected chi connectivity index (χ3v) is 5.85. The molecule has 0 aliphatic rings. The number of sulfonamides is 1. The van der Waals surface area contributed by atoms with Crippen molar-refractivity contribution in [2.24, 2.45) is 0 Å². The van der Waals surface area contributed by atoms with Crippen molar-refractivity contribution in [2.45, 2.75) is 11.8 Å². The molecule has 0 heterocycles. The van der Waals surface area contributed by atoms with E-state index in [2.05, 4.69) is 15.9 Å². The monoisotopic (exact) mass is 447 g/mol. The molecule has 10 heteroatoms. The molecule has 0 radical (unpaired) electrons. The first kappa shape index (κ1) is 20.0. The van der Waals surface area contributed by atoms with Crippen molar-refractivity contribution in [3.05, 3.63) is 45.7 Å². The molecule has 0 unspecified atom stereocenters. The number of hydrogen-bond acceptors (Lipinski definition) is 5. The van der Waals surface area contributed by atoms with Crippen molar-refractivity contribution in [3.63, 3.8) is 0 Å². The summed E-state index contributed by atoms with van der Waals surface area (Å²) in [6.07, 6.45) is 0. The van der Waals surface area contributed by atoms with E-state index in [9.17, 15) is 22.7 Å². The van der Waals surface area contributed by atoms with Gasteiger partial charge in [-0.15, -0.1) is 0 Å². The third-order valence-electron chi connectivity index (χ3n) is 3.54. The molecule has 0 spiro atoms. The van der Waals surface area contributed by atoms with Gasteiger partial charge in [-0.05, 0) is 40.5 Å². The second-order valence-corrected chi connectivity index (χ2v) is 7.67. The van der Waals surface area contributed by atoms with Crippen LogP contribution < -0.4 is 14.2 Å². The highest BCUT2D eigenvalue weighted by atomic mass is 79.9. The van der Waals surface area contributed by atoms with Crippen LogP contribution in [0.4, 0.5) is 10.1 Å². The maximum atomic E-state index is 14.2. The second kappa shape index (κ2) is 7.50. The fourth-order valence-corrected chi connectivity index (χ4v) is 4.41. The predicted molar refractivity (Wildman–Crippen MR) is 96.2 cm³/mol. The van der Waals surface area contributed by atoms with Gasteiger partial charge >= 0.3 is 5.97 Å².